The summed E-state index contributed by atoms with van der Waals surface area (Å²) in [5.41, 5.74) is 3.04. The maximum Gasteiger partial charge on any atom is 0.323 e. The molecule has 0 saturated carbocycles. The average Bonchev–Trinajstić information content (AvgIpc) is 2.66. The molecular weight excluding hydrogens is 364 g/mol. The fourth-order valence-corrected chi connectivity index (χ4v) is 2.97. The predicted molar refractivity (Wildman–Crippen MR) is 112 cm³/mol. The summed E-state index contributed by atoms with van der Waals surface area (Å²) < 4.78 is 0. The summed E-state index contributed by atoms with van der Waals surface area (Å²) in [6.07, 6.45) is 1.70. The van der Waals surface area contributed by atoms with Crippen LogP contribution in [0.2, 0.25) is 0 Å². The minimum absolute atomic E-state index is 0. The number of benzene rings is 2. The summed E-state index contributed by atoms with van der Waals surface area (Å²) in [5, 5.41) is 11.8. The molecule has 6 nitrogen and oxygen atoms in total. The zero-order chi connectivity index (χ0) is 18.4. The van der Waals surface area contributed by atoms with Gasteiger partial charge >= 0.3 is 6.03 Å². The minimum Gasteiger partial charge on any atom is -0.326 e. The maximum atomic E-state index is 12.5. The molecule has 7 heteroatoms. The quantitative estimate of drug-likeness (QED) is 0.639. The molecule has 1 saturated heterocycles. The van der Waals surface area contributed by atoms with Crippen molar-refractivity contribution in [2.45, 2.75) is 19.8 Å². The molecule has 144 valence electrons. The van der Waals surface area contributed by atoms with E-state index in [4.69, 9.17) is 0 Å². The predicted octanol–water partition coefficient (Wildman–Crippen LogP) is 4.00. The standard InChI is InChI=1S/C20H24N4O2.ClH/c1-14-7-8-17(23-20(26)22-16-5-3-2-4-6-16)13-18(14)24-19(25)15-9-11-21-12-10-15;/h2-8,13,15,21H,9-12H2,1H3,(H,24,25)(H2,22,23,26);1H. The molecule has 2 aromatic rings. The number of para-hydroxylation sites is 1. The third-order valence-corrected chi connectivity index (χ3v) is 4.49. The summed E-state index contributed by atoms with van der Waals surface area (Å²) in [6.45, 7) is 3.68. The second kappa shape index (κ2) is 9.94. The average molecular weight is 389 g/mol. The molecule has 1 heterocycles. The lowest BCUT2D eigenvalue weighted by Gasteiger charge is -2.22. The van der Waals surface area contributed by atoms with Crippen LogP contribution < -0.4 is 21.3 Å². The normalized spacial score (nSPS) is 14.0. The highest BCUT2D eigenvalue weighted by Crippen LogP contribution is 2.23. The van der Waals surface area contributed by atoms with E-state index in [2.05, 4.69) is 21.3 Å². The fraction of sp³-hybridized carbons (Fsp3) is 0.300. The van der Waals surface area contributed by atoms with Gasteiger partial charge in [-0.3, -0.25) is 4.79 Å². The van der Waals surface area contributed by atoms with Crippen LogP contribution in [0, 0.1) is 12.8 Å². The number of anilines is 3. The highest BCUT2D eigenvalue weighted by Gasteiger charge is 2.21. The number of halogens is 1. The molecule has 1 aliphatic rings. The van der Waals surface area contributed by atoms with E-state index in [1.165, 1.54) is 0 Å². The molecule has 2 aromatic carbocycles. The van der Waals surface area contributed by atoms with Crippen molar-refractivity contribution >= 4 is 41.4 Å². The summed E-state index contributed by atoms with van der Waals surface area (Å²) in [5.74, 6) is 0.0779. The molecule has 0 atom stereocenters. The van der Waals surface area contributed by atoms with Crippen molar-refractivity contribution in [3.05, 3.63) is 54.1 Å². The van der Waals surface area contributed by atoms with Gasteiger partial charge in [0.05, 0.1) is 0 Å². The Morgan fingerprint density at radius 3 is 2.30 bits per heavy atom. The summed E-state index contributed by atoms with van der Waals surface area (Å²) >= 11 is 0. The molecule has 0 spiro atoms. The summed E-state index contributed by atoms with van der Waals surface area (Å²) in [4.78, 5) is 24.6. The van der Waals surface area contributed by atoms with Crippen molar-refractivity contribution in [1.82, 2.24) is 5.32 Å². The van der Waals surface area contributed by atoms with Gasteiger partial charge in [0, 0.05) is 23.0 Å². The van der Waals surface area contributed by atoms with Crippen molar-refractivity contribution in [3.63, 3.8) is 0 Å². The van der Waals surface area contributed by atoms with E-state index in [1.54, 1.807) is 6.07 Å². The van der Waals surface area contributed by atoms with Crippen molar-refractivity contribution in [3.8, 4) is 0 Å². The molecule has 0 aliphatic carbocycles. The lowest BCUT2D eigenvalue weighted by Crippen LogP contribution is -2.34. The van der Waals surface area contributed by atoms with Gasteiger partial charge in [0.1, 0.15) is 0 Å². The fourth-order valence-electron chi connectivity index (χ4n) is 2.97. The van der Waals surface area contributed by atoms with E-state index in [9.17, 15) is 9.59 Å². The molecule has 0 radical (unpaired) electrons. The molecule has 3 amide bonds. The number of piperidine rings is 1. The first-order valence-corrected chi connectivity index (χ1v) is 8.87. The Hall–Kier alpha value is -2.57. The smallest absolute Gasteiger partial charge is 0.323 e. The molecule has 4 N–H and O–H groups in total. The largest absolute Gasteiger partial charge is 0.326 e. The first-order valence-electron chi connectivity index (χ1n) is 8.87. The van der Waals surface area contributed by atoms with Crippen LogP contribution in [0.15, 0.2) is 48.5 Å². The number of hydrogen-bond donors (Lipinski definition) is 4. The Morgan fingerprint density at radius 1 is 0.926 bits per heavy atom. The van der Waals surface area contributed by atoms with Gasteiger partial charge in [-0.1, -0.05) is 24.3 Å². The number of amides is 3. The highest BCUT2D eigenvalue weighted by atomic mass is 35.5. The Bertz CT molecular complexity index is 777. The third-order valence-electron chi connectivity index (χ3n) is 4.49. The first kappa shape index (κ1) is 20.7. The van der Waals surface area contributed by atoms with Crippen molar-refractivity contribution in [2.75, 3.05) is 29.0 Å². The second-order valence-electron chi connectivity index (χ2n) is 6.49. The van der Waals surface area contributed by atoms with Crippen LogP contribution >= 0.6 is 12.4 Å². The van der Waals surface area contributed by atoms with E-state index in [-0.39, 0.29) is 30.3 Å². The first-order chi connectivity index (χ1) is 12.6. The van der Waals surface area contributed by atoms with Gasteiger partial charge in [-0.25, -0.2) is 4.79 Å². The monoisotopic (exact) mass is 388 g/mol. The number of urea groups is 1. The second-order valence-corrected chi connectivity index (χ2v) is 6.49. The lowest BCUT2D eigenvalue weighted by molar-refractivity contribution is -0.120. The van der Waals surface area contributed by atoms with E-state index in [0.717, 1.165) is 42.9 Å². The lowest BCUT2D eigenvalue weighted by atomic mass is 9.97. The van der Waals surface area contributed by atoms with Crippen LogP contribution in [0.3, 0.4) is 0 Å². The number of rotatable bonds is 4. The van der Waals surface area contributed by atoms with Crippen LogP contribution in [0.5, 0.6) is 0 Å². The van der Waals surface area contributed by atoms with Crippen LogP contribution in [-0.2, 0) is 4.79 Å². The van der Waals surface area contributed by atoms with Crippen molar-refractivity contribution < 1.29 is 9.59 Å². The Balaban J connectivity index is 0.00000261. The molecule has 3 rings (SSSR count). The van der Waals surface area contributed by atoms with E-state index >= 15 is 0 Å². The Kier molecular flexibility index (Phi) is 7.64. The van der Waals surface area contributed by atoms with E-state index in [0.29, 0.717) is 5.69 Å². The number of aryl methyl sites for hydroxylation is 1. The topological polar surface area (TPSA) is 82.3 Å². The molecule has 1 aliphatic heterocycles. The van der Waals surface area contributed by atoms with Gasteiger partial charge in [0.2, 0.25) is 5.91 Å². The molecule has 27 heavy (non-hydrogen) atoms. The maximum absolute atomic E-state index is 12.5. The summed E-state index contributed by atoms with van der Waals surface area (Å²) in [7, 11) is 0. The Labute approximate surface area is 165 Å². The third kappa shape index (κ3) is 5.98. The zero-order valence-electron chi connectivity index (χ0n) is 15.2. The van der Waals surface area contributed by atoms with Gasteiger partial charge < -0.3 is 21.3 Å². The van der Waals surface area contributed by atoms with Gasteiger partial charge in [0.15, 0.2) is 0 Å². The molecule has 1 fully saturated rings. The van der Waals surface area contributed by atoms with Crippen LogP contribution in [-0.4, -0.2) is 25.0 Å². The zero-order valence-corrected chi connectivity index (χ0v) is 16.1. The van der Waals surface area contributed by atoms with Crippen LogP contribution in [0.25, 0.3) is 0 Å². The minimum atomic E-state index is -0.323. The van der Waals surface area contributed by atoms with Crippen LogP contribution in [0.4, 0.5) is 21.9 Å². The molecule has 0 unspecified atom stereocenters. The van der Waals surface area contributed by atoms with E-state index < -0.39 is 0 Å². The van der Waals surface area contributed by atoms with Crippen LogP contribution in [0.1, 0.15) is 18.4 Å². The molecule has 0 bridgehead atoms. The Morgan fingerprint density at radius 2 is 1.59 bits per heavy atom. The van der Waals surface area contributed by atoms with Gasteiger partial charge in [-0.05, 0) is 62.7 Å². The molecule has 0 aromatic heterocycles. The number of hydrogen-bond acceptors (Lipinski definition) is 3. The number of nitrogens with one attached hydrogen (secondary N) is 4. The summed E-state index contributed by atoms with van der Waals surface area (Å²) in [6, 6.07) is 14.4. The van der Waals surface area contributed by atoms with Crippen molar-refractivity contribution in [1.29, 1.82) is 0 Å². The SMILES string of the molecule is Cc1ccc(NC(=O)Nc2ccccc2)cc1NC(=O)C1CCNCC1.Cl. The van der Waals surface area contributed by atoms with E-state index in [1.807, 2.05) is 49.4 Å². The van der Waals surface area contributed by atoms with Gasteiger partial charge in [-0.2, -0.15) is 0 Å². The van der Waals surface area contributed by atoms with Gasteiger partial charge in [-0.15, -0.1) is 12.4 Å². The highest BCUT2D eigenvalue weighted by molar-refractivity contribution is 6.00. The van der Waals surface area contributed by atoms with Crippen molar-refractivity contribution in [2.24, 2.45) is 5.92 Å². The van der Waals surface area contributed by atoms with Gasteiger partial charge in [0.25, 0.3) is 0 Å². The number of carbonyl (C=O) groups is 2. The number of carbonyl (C=O) groups excluding carboxylic acids is 2. The molecular formula is C20H25ClN4O2.